The lowest BCUT2D eigenvalue weighted by Gasteiger charge is -2.59. The van der Waals surface area contributed by atoms with E-state index in [2.05, 4.69) is 11.8 Å². The van der Waals surface area contributed by atoms with Gasteiger partial charge in [-0.2, -0.15) is 0 Å². The highest BCUT2D eigenvalue weighted by atomic mass is 16.3. The second-order valence-corrected chi connectivity index (χ2v) is 8.89. The van der Waals surface area contributed by atoms with Gasteiger partial charge in [-0.1, -0.05) is 6.92 Å². The molecule has 2 aliphatic heterocycles. The van der Waals surface area contributed by atoms with Gasteiger partial charge in [0.2, 0.25) is 0 Å². The molecule has 2 spiro atoms. The van der Waals surface area contributed by atoms with Gasteiger partial charge in [-0.25, -0.2) is 0 Å². The van der Waals surface area contributed by atoms with Crippen molar-refractivity contribution in [2.75, 3.05) is 6.54 Å². The topological polar surface area (TPSA) is 60.8 Å². The number of ketones is 1. The minimum absolute atomic E-state index is 0.206. The Kier molecular flexibility index (Phi) is 3.68. The van der Waals surface area contributed by atoms with Crippen molar-refractivity contribution in [3.8, 4) is 0 Å². The molecule has 2 saturated heterocycles. The molecule has 0 aromatic carbocycles. The standard InChI is InChI=1S/C19H31NO3/c1-12-8-14-11-17(23)19-6-4-15(10-13(2)21)20(19)7-3-5-18(14,19)16(22)9-12/h12-16,21-22H,3-11H2,1-2H3/t12-,13+,14+,15+,16+,18-,19+/m1/s1. The molecule has 4 nitrogen and oxygen atoms in total. The van der Waals surface area contributed by atoms with Crippen LogP contribution in [0.2, 0.25) is 0 Å². The first-order chi connectivity index (χ1) is 10.9. The molecule has 0 unspecified atom stereocenters. The van der Waals surface area contributed by atoms with Gasteiger partial charge in [0, 0.05) is 17.9 Å². The summed E-state index contributed by atoms with van der Waals surface area (Å²) in [6, 6.07) is 0.307. The van der Waals surface area contributed by atoms with E-state index in [1.54, 1.807) is 0 Å². The van der Waals surface area contributed by atoms with E-state index < -0.39 is 5.54 Å². The zero-order chi connectivity index (χ0) is 16.4. The van der Waals surface area contributed by atoms with Crippen molar-refractivity contribution in [1.29, 1.82) is 0 Å². The predicted molar refractivity (Wildman–Crippen MR) is 87.9 cm³/mol. The van der Waals surface area contributed by atoms with Crippen LogP contribution in [0.5, 0.6) is 0 Å². The van der Waals surface area contributed by atoms with Crippen molar-refractivity contribution in [2.45, 2.75) is 89.0 Å². The minimum Gasteiger partial charge on any atom is -0.393 e. The molecule has 0 amide bonds. The number of piperidine rings is 1. The molecular weight excluding hydrogens is 290 g/mol. The Hall–Kier alpha value is -0.450. The summed E-state index contributed by atoms with van der Waals surface area (Å²) in [5, 5.41) is 21.0. The smallest absolute Gasteiger partial charge is 0.154 e. The fourth-order valence-electron chi connectivity index (χ4n) is 7.10. The maximum atomic E-state index is 13.2. The number of aliphatic hydroxyl groups excluding tert-OH is 2. The molecule has 23 heavy (non-hydrogen) atoms. The quantitative estimate of drug-likeness (QED) is 0.818. The molecule has 4 heteroatoms. The molecule has 4 rings (SSSR count). The molecular formula is C19H31NO3. The third-order valence-corrected chi connectivity index (χ3v) is 7.67. The summed E-state index contributed by atoms with van der Waals surface area (Å²) in [6.07, 6.45) is 6.68. The highest BCUT2D eigenvalue weighted by Crippen LogP contribution is 2.67. The van der Waals surface area contributed by atoms with E-state index in [4.69, 9.17) is 0 Å². The van der Waals surface area contributed by atoms with E-state index in [0.29, 0.717) is 30.1 Å². The maximum Gasteiger partial charge on any atom is 0.154 e. The molecule has 0 bridgehead atoms. The molecule has 4 fully saturated rings. The Morgan fingerprint density at radius 2 is 2.13 bits per heavy atom. The molecule has 130 valence electrons. The number of nitrogens with zero attached hydrogens (tertiary/aromatic N) is 1. The molecule has 7 atom stereocenters. The second-order valence-electron chi connectivity index (χ2n) is 8.89. The maximum absolute atomic E-state index is 13.2. The third-order valence-electron chi connectivity index (χ3n) is 7.67. The van der Waals surface area contributed by atoms with Crippen LogP contribution >= 0.6 is 0 Å². The van der Waals surface area contributed by atoms with Gasteiger partial charge in [-0.3, -0.25) is 9.69 Å². The summed E-state index contributed by atoms with van der Waals surface area (Å²) in [5.74, 6) is 1.28. The Morgan fingerprint density at radius 1 is 1.35 bits per heavy atom. The van der Waals surface area contributed by atoms with Crippen molar-refractivity contribution < 1.29 is 15.0 Å². The number of hydrogen-bond acceptors (Lipinski definition) is 4. The van der Waals surface area contributed by atoms with Crippen LogP contribution in [0.3, 0.4) is 0 Å². The Balaban J connectivity index is 1.76. The Bertz CT molecular complexity index is 507. The Morgan fingerprint density at radius 3 is 2.87 bits per heavy atom. The van der Waals surface area contributed by atoms with Crippen molar-refractivity contribution in [2.24, 2.45) is 17.3 Å². The van der Waals surface area contributed by atoms with Crippen LogP contribution in [0, 0.1) is 17.3 Å². The lowest BCUT2D eigenvalue weighted by Crippen LogP contribution is -2.68. The number of Topliss-reactive ketones (excluding diaryl/α,β-unsaturated/α-hetero) is 1. The van der Waals surface area contributed by atoms with Gasteiger partial charge in [-0.05, 0) is 70.3 Å². The van der Waals surface area contributed by atoms with E-state index in [9.17, 15) is 15.0 Å². The van der Waals surface area contributed by atoms with Gasteiger partial charge in [0.05, 0.1) is 17.7 Å². The summed E-state index contributed by atoms with van der Waals surface area (Å²) in [5.41, 5.74) is -0.628. The highest BCUT2D eigenvalue weighted by Gasteiger charge is 2.73. The van der Waals surface area contributed by atoms with Gasteiger partial charge in [0.25, 0.3) is 0 Å². The molecule has 0 aromatic rings. The zero-order valence-electron chi connectivity index (χ0n) is 14.5. The van der Waals surface area contributed by atoms with Gasteiger partial charge >= 0.3 is 0 Å². The van der Waals surface area contributed by atoms with Crippen molar-refractivity contribution in [1.82, 2.24) is 4.90 Å². The number of rotatable bonds is 2. The molecule has 2 saturated carbocycles. The van der Waals surface area contributed by atoms with Gasteiger partial charge in [0.15, 0.2) is 5.78 Å². The zero-order valence-corrected chi connectivity index (χ0v) is 14.5. The van der Waals surface area contributed by atoms with Crippen molar-refractivity contribution in [3.05, 3.63) is 0 Å². The number of hydrogen-bond donors (Lipinski definition) is 2. The summed E-state index contributed by atoms with van der Waals surface area (Å²) < 4.78 is 0. The van der Waals surface area contributed by atoms with Crippen LogP contribution in [0.1, 0.15) is 65.2 Å². The summed E-state index contributed by atoms with van der Waals surface area (Å²) >= 11 is 0. The molecule has 4 aliphatic rings. The van der Waals surface area contributed by atoms with Crippen molar-refractivity contribution in [3.63, 3.8) is 0 Å². The van der Waals surface area contributed by atoms with Gasteiger partial charge in [-0.15, -0.1) is 0 Å². The van der Waals surface area contributed by atoms with Crippen LogP contribution in [0.4, 0.5) is 0 Å². The SMILES string of the molecule is C[C@@H]1C[C@H]2CC(=O)[C@]34CC[C@@H](C[C@H](C)O)N3CCC[C@]24[C@@H](O)C1. The molecule has 2 aliphatic carbocycles. The average Bonchev–Trinajstić information content (AvgIpc) is 2.95. The van der Waals surface area contributed by atoms with E-state index in [1.807, 2.05) is 6.92 Å². The predicted octanol–water partition coefficient (Wildman–Crippen LogP) is 2.12. The molecule has 0 radical (unpaired) electrons. The highest BCUT2D eigenvalue weighted by molar-refractivity contribution is 5.93. The first kappa shape index (κ1) is 16.0. The van der Waals surface area contributed by atoms with E-state index in [-0.39, 0.29) is 17.6 Å². The minimum atomic E-state index is -0.422. The van der Waals surface area contributed by atoms with Crippen molar-refractivity contribution >= 4 is 5.78 Å². The van der Waals surface area contributed by atoms with Crippen LogP contribution in [-0.4, -0.2) is 51.2 Å². The van der Waals surface area contributed by atoms with E-state index in [1.165, 1.54) is 0 Å². The first-order valence-corrected chi connectivity index (χ1v) is 9.58. The van der Waals surface area contributed by atoms with Crippen LogP contribution < -0.4 is 0 Å². The van der Waals surface area contributed by atoms with Gasteiger partial charge < -0.3 is 10.2 Å². The molecule has 2 heterocycles. The summed E-state index contributed by atoms with van der Waals surface area (Å²) in [4.78, 5) is 15.7. The van der Waals surface area contributed by atoms with Crippen LogP contribution in [-0.2, 0) is 4.79 Å². The lowest BCUT2D eigenvalue weighted by molar-refractivity contribution is -0.167. The first-order valence-electron chi connectivity index (χ1n) is 9.58. The lowest BCUT2D eigenvalue weighted by atomic mass is 9.53. The van der Waals surface area contributed by atoms with E-state index >= 15 is 0 Å². The summed E-state index contributed by atoms with van der Waals surface area (Å²) in [6.45, 7) is 5.03. The normalized spacial score (nSPS) is 51.2. The number of carbonyl (C=O) groups excluding carboxylic acids is 1. The number of carbonyl (C=O) groups is 1. The Labute approximate surface area is 139 Å². The summed E-state index contributed by atoms with van der Waals surface area (Å²) in [7, 11) is 0. The third kappa shape index (κ3) is 1.92. The van der Waals surface area contributed by atoms with Crippen LogP contribution in [0.25, 0.3) is 0 Å². The average molecular weight is 321 g/mol. The second kappa shape index (κ2) is 5.27. The molecule has 0 aromatic heterocycles. The largest absolute Gasteiger partial charge is 0.393 e. The molecule has 2 N–H and O–H groups in total. The fourth-order valence-corrected chi connectivity index (χ4v) is 7.10. The monoisotopic (exact) mass is 321 g/mol. The van der Waals surface area contributed by atoms with E-state index in [0.717, 1.165) is 51.5 Å². The number of aliphatic hydroxyl groups is 2. The van der Waals surface area contributed by atoms with Gasteiger partial charge in [0.1, 0.15) is 0 Å². The van der Waals surface area contributed by atoms with Crippen LogP contribution in [0.15, 0.2) is 0 Å². The fraction of sp³-hybridized carbons (Fsp3) is 0.947.